The van der Waals surface area contributed by atoms with Crippen LogP contribution >= 0.6 is 11.6 Å². The lowest BCUT2D eigenvalue weighted by Gasteiger charge is -2.05. The highest BCUT2D eigenvalue weighted by molar-refractivity contribution is 6.31. The van der Waals surface area contributed by atoms with Crippen molar-refractivity contribution in [2.75, 3.05) is 0 Å². The van der Waals surface area contributed by atoms with Gasteiger partial charge in [-0.25, -0.2) is 4.98 Å². The fraction of sp³-hybridized carbons (Fsp3) is 0.0667. The molecule has 5 nitrogen and oxygen atoms in total. The molecule has 3 aromatic rings. The molecule has 0 unspecified atom stereocenters. The number of nitrogens with zero attached hydrogens (tertiary/aromatic N) is 2. The molecule has 2 aromatic heterocycles. The number of aromatic hydroxyl groups is 1. The fourth-order valence-electron chi connectivity index (χ4n) is 2.03. The van der Waals surface area contributed by atoms with E-state index in [1.807, 2.05) is 35.0 Å². The van der Waals surface area contributed by atoms with E-state index in [4.69, 9.17) is 11.6 Å². The topological polar surface area (TPSA) is 66.6 Å². The van der Waals surface area contributed by atoms with Crippen LogP contribution < -0.4 is 5.32 Å². The molecular formula is C15H12ClN3O2. The molecule has 3 rings (SSSR count). The number of imidazole rings is 1. The summed E-state index contributed by atoms with van der Waals surface area (Å²) in [4.78, 5) is 16.4. The normalized spacial score (nSPS) is 10.7. The number of carbonyl (C=O) groups is 1. The largest absolute Gasteiger partial charge is 0.507 e. The van der Waals surface area contributed by atoms with Gasteiger partial charge in [-0.15, -0.1) is 0 Å². The molecule has 106 valence electrons. The van der Waals surface area contributed by atoms with Gasteiger partial charge in [-0.1, -0.05) is 17.7 Å². The molecule has 2 heterocycles. The Balaban J connectivity index is 1.74. The summed E-state index contributed by atoms with van der Waals surface area (Å²) in [6.07, 6.45) is 3.73. The van der Waals surface area contributed by atoms with Gasteiger partial charge in [0.05, 0.1) is 17.8 Å². The van der Waals surface area contributed by atoms with Gasteiger partial charge in [-0.2, -0.15) is 0 Å². The number of hydrogen-bond donors (Lipinski definition) is 2. The van der Waals surface area contributed by atoms with Crippen LogP contribution in [0.5, 0.6) is 5.75 Å². The second-order valence-corrected chi connectivity index (χ2v) is 4.98. The van der Waals surface area contributed by atoms with E-state index in [-0.39, 0.29) is 17.9 Å². The van der Waals surface area contributed by atoms with Crippen molar-refractivity contribution in [3.8, 4) is 5.75 Å². The van der Waals surface area contributed by atoms with Gasteiger partial charge >= 0.3 is 0 Å². The first-order valence-corrected chi connectivity index (χ1v) is 6.70. The van der Waals surface area contributed by atoms with Crippen LogP contribution in [-0.2, 0) is 6.54 Å². The minimum Gasteiger partial charge on any atom is -0.507 e. The SMILES string of the molecule is O=C(NCc1cn2ccccc2n1)c1cc(Cl)ccc1O. The number of amides is 1. The van der Waals surface area contributed by atoms with Crippen LogP contribution in [-0.4, -0.2) is 20.4 Å². The zero-order chi connectivity index (χ0) is 14.8. The van der Waals surface area contributed by atoms with E-state index in [9.17, 15) is 9.90 Å². The predicted octanol–water partition coefficient (Wildman–Crippen LogP) is 2.62. The quantitative estimate of drug-likeness (QED) is 0.781. The zero-order valence-corrected chi connectivity index (χ0v) is 11.7. The number of halogens is 1. The Bertz CT molecular complexity index is 781. The predicted molar refractivity (Wildman–Crippen MR) is 79.5 cm³/mol. The average molecular weight is 302 g/mol. The highest BCUT2D eigenvalue weighted by Gasteiger charge is 2.12. The molecule has 0 aliphatic carbocycles. The van der Waals surface area contributed by atoms with Gasteiger partial charge in [-0.3, -0.25) is 4.79 Å². The summed E-state index contributed by atoms with van der Waals surface area (Å²) in [5.74, 6) is -0.501. The van der Waals surface area contributed by atoms with Gasteiger partial charge in [0.1, 0.15) is 11.4 Å². The maximum atomic E-state index is 12.0. The van der Waals surface area contributed by atoms with Crippen molar-refractivity contribution in [1.82, 2.24) is 14.7 Å². The van der Waals surface area contributed by atoms with Crippen LogP contribution in [0.15, 0.2) is 48.8 Å². The van der Waals surface area contributed by atoms with E-state index in [0.29, 0.717) is 5.02 Å². The van der Waals surface area contributed by atoms with Crippen molar-refractivity contribution in [2.24, 2.45) is 0 Å². The highest BCUT2D eigenvalue weighted by Crippen LogP contribution is 2.21. The molecule has 0 aliphatic heterocycles. The van der Waals surface area contributed by atoms with Crippen LogP contribution in [0.1, 0.15) is 16.1 Å². The Kier molecular flexibility index (Phi) is 3.50. The molecule has 0 bridgehead atoms. The van der Waals surface area contributed by atoms with Crippen LogP contribution in [0, 0.1) is 0 Å². The molecule has 0 radical (unpaired) electrons. The first kappa shape index (κ1) is 13.5. The number of benzene rings is 1. The third-order valence-corrected chi connectivity index (χ3v) is 3.28. The Morgan fingerprint density at radius 3 is 3.00 bits per heavy atom. The molecule has 6 heteroatoms. The Hall–Kier alpha value is -2.53. The van der Waals surface area contributed by atoms with Gasteiger partial charge in [0.2, 0.25) is 0 Å². The summed E-state index contributed by atoms with van der Waals surface area (Å²) in [7, 11) is 0. The third-order valence-electron chi connectivity index (χ3n) is 3.05. The molecule has 0 spiro atoms. The number of nitrogens with one attached hydrogen (secondary N) is 1. The lowest BCUT2D eigenvalue weighted by Crippen LogP contribution is -2.23. The molecule has 0 saturated carbocycles. The monoisotopic (exact) mass is 301 g/mol. The maximum Gasteiger partial charge on any atom is 0.255 e. The van der Waals surface area contributed by atoms with Crippen LogP contribution in [0.2, 0.25) is 5.02 Å². The molecule has 1 amide bonds. The Morgan fingerprint density at radius 2 is 2.19 bits per heavy atom. The second kappa shape index (κ2) is 5.46. The van der Waals surface area contributed by atoms with Gasteiger partial charge in [-0.05, 0) is 30.3 Å². The minimum atomic E-state index is -0.396. The number of rotatable bonds is 3. The van der Waals surface area contributed by atoms with Gasteiger partial charge < -0.3 is 14.8 Å². The summed E-state index contributed by atoms with van der Waals surface area (Å²) in [5, 5.41) is 12.8. The molecule has 21 heavy (non-hydrogen) atoms. The zero-order valence-electron chi connectivity index (χ0n) is 11.0. The number of phenols is 1. The van der Waals surface area contributed by atoms with E-state index in [1.165, 1.54) is 18.2 Å². The standard InChI is InChI=1S/C15H12ClN3O2/c16-10-4-5-13(20)12(7-10)15(21)17-8-11-9-19-6-2-1-3-14(19)18-11/h1-7,9,20H,8H2,(H,17,21). The van der Waals surface area contributed by atoms with Crippen LogP contribution in [0.25, 0.3) is 5.65 Å². The van der Waals surface area contributed by atoms with E-state index >= 15 is 0 Å². The van der Waals surface area contributed by atoms with Crippen molar-refractivity contribution < 1.29 is 9.90 Å². The van der Waals surface area contributed by atoms with Gasteiger partial charge in [0, 0.05) is 17.4 Å². The first-order chi connectivity index (χ1) is 10.1. The van der Waals surface area contributed by atoms with Crippen molar-refractivity contribution in [1.29, 1.82) is 0 Å². The number of phenolic OH excluding ortho intramolecular Hbond substituents is 1. The summed E-state index contributed by atoms with van der Waals surface area (Å²) in [6, 6.07) is 10.0. The molecule has 0 aliphatic rings. The smallest absolute Gasteiger partial charge is 0.255 e. The number of hydrogen-bond acceptors (Lipinski definition) is 3. The summed E-state index contributed by atoms with van der Waals surface area (Å²) in [6.45, 7) is 0.270. The number of carbonyl (C=O) groups excluding carboxylic acids is 1. The van der Waals surface area contributed by atoms with E-state index in [0.717, 1.165) is 11.3 Å². The lowest BCUT2D eigenvalue weighted by molar-refractivity contribution is 0.0948. The third kappa shape index (κ3) is 2.83. The second-order valence-electron chi connectivity index (χ2n) is 4.54. The van der Waals surface area contributed by atoms with Gasteiger partial charge in [0.15, 0.2) is 0 Å². The number of pyridine rings is 1. The average Bonchev–Trinajstić information content (AvgIpc) is 2.90. The Morgan fingerprint density at radius 1 is 1.33 bits per heavy atom. The van der Waals surface area contributed by atoms with E-state index in [1.54, 1.807) is 0 Å². The summed E-state index contributed by atoms with van der Waals surface area (Å²) < 4.78 is 1.87. The minimum absolute atomic E-state index is 0.105. The highest BCUT2D eigenvalue weighted by atomic mass is 35.5. The molecule has 1 aromatic carbocycles. The van der Waals surface area contributed by atoms with Crippen LogP contribution in [0.3, 0.4) is 0 Å². The van der Waals surface area contributed by atoms with Crippen molar-refractivity contribution in [3.63, 3.8) is 0 Å². The molecule has 0 saturated heterocycles. The van der Waals surface area contributed by atoms with Crippen molar-refractivity contribution in [3.05, 3.63) is 65.1 Å². The van der Waals surface area contributed by atoms with Crippen LogP contribution in [0.4, 0.5) is 0 Å². The molecule has 2 N–H and O–H groups in total. The maximum absolute atomic E-state index is 12.0. The molecule has 0 atom stereocenters. The molecule has 0 fully saturated rings. The van der Waals surface area contributed by atoms with Crippen molar-refractivity contribution in [2.45, 2.75) is 6.54 Å². The lowest BCUT2D eigenvalue weighted by atomic mass is 10.2. The van der Waals surface area contributed by atoms with Gasteiger partial charge in [0.25, 0.3) is 5.91 Å². The van der Waals surface area contributed by atoms with Crippen molar-refractivity contribution >= 4 is 23.2 Å². The van der Waals surface area contributed by atoms with E-state index < -0.39 is 5.91 Å². The Labute approximate surface area is 125 Å². The van der Waals surface area contributed by atoms with E-state index in [2.05, 4.69) is 10.3 Å². The number of fused-ring (bicyclic) bond motifs is 1. The number of aromatic nitrogens is 2. The first-order valence-electron chi connectivity index (χ1n) is 6.33. The fourth-order valence-corrected chi connectivity index (χ4v) is 2.20. The summed E-state index contributed by atoms with van der Waals surface area (Å²) >= 11 is 5.82. The molecular weight excluding hydrogens is 290 g/mol. The summed E-state index contributed by atoms with van der Waals surface area (Å²) in [5.41, 5.74) is 1.69.